The number of hydrogen-bond acceptors (Lipinski definition) is 7. The average Bonchev–Trinajstić information content (AvgIpc) is 2.83. The number of benzene rings is 2. The number of carbonyl (C=O) groups is 2. The molecular weight excluding hydrogens is 462 g/mol. The summed E-state index contributed by atoms with van der Waals surface area (Å²) in [7, 11) is -0.812. The summed E-state index contributed by atoms with van der Waals surface area (Å²) in [5.74, 6) is 0.811. The molecule has 0 aliphatic carbocycles. The number of methoxy groups -OCH3 is 2. The Hall–Kier alpha value is -3.31. The van der Waals surface area contributed by atoms with E-state index in [0.717, 1.165) is 0 Å². The minimum Gasteiger partial charge on any atom is -0.497 e. The van der Waals surface area contributed by atoms with Crippen molar-refractivity contribution in [3.8, 4) is 17.2 Å². The van der Waals surface area contributed by atoms with E-state index in [0.29, 0.717) is 34.1 Å². The number of anilines is 1. The molecule has 0 spiro atoms. The minimum atomic E-state index is -3.83. The monoisotopic (exact) mass is 489 g/mol. The highest BCUT2D eigenvalue weighted by Crippen LogP contribution is 2.35. The van der Waals surface area contributed by atoms with Crippen molar-refractivity contribution in [2.45, 2.75) is 24.8 Å². The number of rotatable bonds is 5. The Morgan fingerprint density at radius 1 is 1.03 bits per heavy atom. The third-order valence-electron chi connectivity index (χ3n) is 5.95. The van der Waals surface area contributed by atoms with Crippen molar-refractivity contribution in [3.05, 3.63) is 41.5 Å². The second kappa shape index (κ2) is 9.15. The molecule has 2 amide bonds. The molecule has 0 radical (unpaired) electrons. The van der Waals surface area contributed by atoms with Crippen molar-refractivity contribution >= 4 is 27.5 Å². The van der Waals surface area contributed by atoms with Gasteiger partial charge in [-0.2, -0.15) is 4.31 Å². The van der Waals surface area contributed by atoms with E-state index < -0.39 is 16.1 Å². The van der Waals surface area contributed by atoms with Gasteiger partial charge in [0.05, 0.1) is 24.8 Å². The standard InChI is InChI=1S/C23H27N3O7S/c1-14-9-19-20(33-15(2)22(27)24-19)13-21(14)34(29,30)26-7-5-25(6-8-26)23(28)16-10-17(31-3)12-18(11-16)32-4/h9-13,15H,5-8H2,1-4H3,(H,24,27)/t15-/m1/s1. The minimum absolute atomic E-state index is 0.118. The molecule has 1 saturated heterocycles. The van der Waals surface area contributed by atoms with Crippen LogP contribution in [0.2, 0.25) is 0 Å². The molecule has 0 bridgehead atoms. The second-order valence-electron chi connectivity index (χ2n) is 8.16. The fourth-order valence-electron chi connectivity index (χ4n) is 4.00. The molecule has 34 heavy (non-hydrogen) atoms. The van der Waals surface area contributed by atoms with Crippen LogP contribution in [0.25, 0.3) is 0 Å². The van der Waals surface area contributed by atoms with E-state index >= 15 is 0 Å². The van der Waals surface area contributed by atoms with E-state index in [2.05, 4.69) is 5.32 Å². The number of nitrogens with one attached hydrogen (secondary N) is 1. The van der Waals surface area contributed by atoms with Crippen molar-refractivity contribution in [1.82, 2.24) is 9.21 Å². The molecule has 1 fully saturated rings. The molecule has 2 aromatic carbocycles. The maximum Gasteiger partial charge on any atom is 0.265 e. The number of piperazine rings is 1. The van der Waals surface area contributed by atoms with Crippen LogP contribution < -0.4 is 19.5 Å². The van der Waals surface area contributed by atoms with Crippen molar-refractivity contribution in [2.75, 3.05) is 45.7 Å². The van der Waals surface area contributed by atoms with Gasteiger partial charge >= 0.3 is 0 Å². The highest BCUT2D eigenvalue weighted by atomic mass is 32.2. The van der Waals surface area contributed by atoms with Gasteiger partial charge < -0.3 is 24.4 Å². The van der Waals surface area contributed by atoms with Gasteiger partial charge in [0.1, 0.15) is 17.2 Å². The summed E-state index contributed by atoms with van der Waals surface area (Å²) < 4.78 is 44.2. The van der Waals surface area contributed by atoms with Crippen molar-refractivity contribution < 1.29 is 32.2 Å². The van der Waals surface area contributed by atoms with Crippen LogP contribution in [0.1, 0.15) is 22.8 Å². The molecule has 2 heterocycles. The first-order chi connectivity index (χ1) is 16.1. The zero-order valence-electron chi connectivity index (χ0n) is 19.5. The van der Waals surface area contributed by atoms with Gasteiger partial charge in [-0.25, -0.2) is 8.42 Å². The highest BCUT2D eigenvalue weighted by molar-refractivity contribution is 7.89. The summed E-state index contributed by atoms with van der Waals surface area (Å²) in [6.07, 6.45) is -0.712. The van der Waals surface area contributed by atoms with Crippen LogP contribution in [0.3, 0.4) is 0 Å². The van der Waals surface area contributed by atoms with Gasteiger partial charge in [-0.05, 0) is 37.6 Å². The third kappa shape index (κ3) is 4.40. The number of ether oxygens (including phenoxy) is 3. The first-order valence-electron chi connectivity index (χ1n) is 10.8. The Labute approximate surface area is 198 Å². The van der Waals surface area contributed by atoms with Crippen LogP contribution in [0.15, 0.2) is 35.2 Å². The van der Waals surface area contributed by atoms with Gasteiger partial charge in [0.25, 0.3) is 11.8 Å². The number of hydrogen-bond donors (Lipinski definition) is 1. The summed E-state index contributed by atoms with van der Waals surface area (Å²) in [6, 6.07) is 7.99. The quantitative estimate of drug-likeness (QED) is 0.682. The van der Waals surface area contributed by atoms with Crippen molar-refractivity contribution in [1.29, 1.82) is 0 Å². The topological polar surface area (TPSA) is 114 Å². The molecule has 10 nitrogen and oxygen atoms in total. The van der Waals surface area contributed by atoms with Crippen LogP contribution in [0, 0.1) is 6.92 Å². The molecule has 0 aromatic heterocycles. The Kier molecular flexibility index (Phi) is 6.41. The lowest BCUT2D eigenvalue weighted by Gasteiger charge is -2.34. The van der Waals surface area contributed by atoms with E-state index in [1.807, 2.05) is 0 Å². The average molecular weight is 490 g/mol. The molecule has 182 valence electrons. The van der Waals surface area contributed by atoms with E-state index in [-0.39, 0.29) is 42.9 Å². The fourth-order valence-corrected chi connectivity index (χ4v) is 5.65. The summed E-state index contributed by atoms with van der Waals surface area (Å²) in [4.78, 5) is 26.6. The SMILES string of the molecule is COc1cc(OC)cc(C(=O)N2CCN(S(=O)(=O)c3cc4c(cc3C)NC(=O)[C@@H](C)O4)CC2)c1. The van der Waals surface area contributed by atoms with Crippen LogP contribution in [-0.4, -0.2) is 75.9 Å². The number of carbonyl (C=O) groups excluding carboxylic acids is 2. The van der Waals surface area contributed by atoms with Gasteiger partial charge in [-0.1, -0.05) is 0 Å². The lowest BCUT2D eigenvalue weighted by Crippen LogP contribution is -2.50. The predicted octanol–water partition coefficient (Wildman–Crippen LogP) is 1.88. The van der Waals surface area contributed by atoms with Gasteiger partial charge in [-0.3, -0.25) is 9.59 Å². The third-order valence-corrected chi connectivity index (χ3v) is 7.99. The highest BCUT2D eigenvalue weighted by Gasteiger charge is 2.33. The van der Waals surface area contributed by atoms with Gasteiger partial charge in [0.2, 0.25) is 10.0 Å². The van der Waals surface area contributed by atoms with E-state index in [1.54, 1.807) is 43.0 Å². The Balaban J connectivity index is 1.51. The van der Waals surface area contributed by atoms with Gasteiger partial charge in [0, 0.05) is 43.9 Å². The van der Waals surface area contributed by atoms with Crippen LogP contribution >= 0.6 is 0 Å². The smallest absolute Gasteiger partial charge is 0.265 e. The molecule has 1 N–H and O–H groups in total. The molecule has 0 unspecified atom stereocenters. The van der Waals surface area contributed by atoms with Crippen LogP contribution in [-0.2, 0) is 14.8 Å². The summed E-state index contributed by atoms with van der Waals surface area (Å²) in [5.41, 5.74) is 1.36. The number of fused-ring (bicyclic) bond motifs is 1. The normalized spacial score (nSPS) is 18.5. The molecule has 2 aromatic rings. The largest absolute Gasteiger partial charge is 0.497 e. The Morgan fingerprint density at radius 3 is 2.24 bits per heavy atom. The maximum atomic E-state index is 13.4. The zero-order valence-corrected chi connectivity index (χ0v) is 20.3. The number of amides is 2. The second-order valence-corrected chi connectivity index (χ2v) is 10.1. The summed E-state index contributed by atoms with van der Waals surface area (Å²) in [5, 5.41) is 2.72. The molecule has 2 aliphatic rings. The zero-order chi connectivity index (χ0) is 24.6. The maximum absolute atomic E-state index is 13.4. The summed E-state index contributed by atoms with van der Waals surface area (Å²) in [6.45, 7) is 4.06. The van der Waals surface area contributed by atoms with Crippen molar-refractivity contribution in [2.24, 2.45) is 0 Å². The lowest BCUT2D eigenvalue weighted by atomic mass is 10.1. The van der Waals surface area contributed by atoms with Crippen molar-refractivity contribution in [3.63, 3.8) is 0 Å². The number of nitrogens with zero attached hydrogens (tertiary/aromatic N) is 2. The Morgan fingerprint density at radius 2 is 1.65 bits per heavy atom. The predicted molar refractivity (Wildman–Crippen MR) is 124 cm³/mol. The van der Waals surface area contributed by atoms with Crippen LogP contribution in [0.4, 0.5) is 5.69 Å². The molecule has 0 saturated carbocycles. The van der Waals surface area contributed by atoms with Crippen LogP contribution in [0.5, 0.6) is 17.2 Å². The lowest BCUT2D eigenvalue weighted by molar-refractivity contribution is -0.122. The Bertz CT molecular complexity index is 1220. The number of aryl methyl sites for hydroxylation is 1. The first kappa shape index (κ1) is 23.8. The first-order valence-corrected chi connectivity index (χ1v) is 12.2. The van der Waals surface area contributed by atoms with Gasteiger partial charge in [-0.15, -0.1) is 0 Å². The molecular formula is C23H27N3O7S. The molecule has 1 atom stereocenters. The fraction of sp³-hybridized carbons (Fsp3) is 0.391. The molecule has 11 heteroatoms. The molecule has 4 rings (SSSR count). The van der Waals surface area contributed by atoms with E-state index in [4.69, 9.17) is 14.2 Å². The number of sulfonamides is 1. The molecule has 2 aliphatic heterocycles. The van der Waals surface area contributed by atoms with E-state index in [1.165, 1.54) is 24.6 Å². The van der Waals surface area contributed by atoms with Gasteiger partial charge in [0.15, 0.2) is 6.10 Å². The summed E-state index contributed by atoms with van der Waals surface area (Å²) >= 11 is 0. The van der Waals surface area contributed by atoms with E-state index in [9.17, 15) is 18.0 Å².